The van der Waals surface area contributed by atoms with Crippen LogP contribution >= 0.6 is 15.9 Å². The average Bonchev–Trinajstić information content (AvgIpc) is 2.41. The summed E-state index contributed by atoms with van der Waals surface area (Å²) in [7, 11) is 0. The summed E-state index contributed by atoms with van der Waals surface area (Å²) in [5.41, 5.74) is 6.45. The topological polar surface area (TPSA) is 56.0 Å². The van der Waals surface area contributed by atoms with Crippen LogP contribution in [0.3, 0.4) is 0 Å². The highest BCUT2D eigenvalue weighted by atomic mass is 79.9. The molecule has 2 rings (SSSR count). The van der Waals surface area contributed by atoms with Gasteiger partial charge in [-0.05, 0) is 30.3 Å². The average molecular weight is 309 g/mol. The Balaban J connectivity index is 2.44. The summed E-state index contributed by atoms with van der Waals surface area (Å²) in [5.74, 6) is -0.930. The molecule has 0 unspecified atom stereocenters. The first kappa shape index (κ1) is 12.9. The molecular weight excluding hydrogens is 299 g/mol. The van der Waals surface area contributed by atoms with Gasteiger partial charge in [0.25, 0.3) is 0 Å². The molecule has 1 heterocycles. The first-order valence-corrected chi connectivity index (χ1v) is 6.06. The summed E-state index contributed by atoms with van der Waals surface area (Å²) in [6.07, 6.45) is 1.49. The third-order valence-electron chi connectivity index (χ3n) is 2.46. The molecule has 0 aliphatic heterocycles. The van der Waals surface area contributed by atoms with Crippen molar-refractivity contribution >= 4 is 21.7 Å². The molecule has 0 amide bonds. The smallest absolute Gasteiger partial charge is 0.196 e. The normalized spacial score (nSPS) is 10.4. The fourth-order valence-corrected chi connectivity index (χ4v) is 1.92. The lowest BCUT2D eigenvalue weighted by atomic mass is 10.0. The third-order valence-corrected chi connectivity index (χ3v) is 2.95. The maximum absolute atomic E-state index is 13.6. The van der Waals surface area contributed by atoms with E-state index < -0.39 is 5.82 Å². The lowest BCUT2D eigenvalue weighted by molar-refractivity contribution is 0.103. The van der Waals surface area contributed by atoms with Crippen molar-refractivity contribution in [3.05, 3.63) is 63.6 Å². The molecule has 2 aromatic rings. The zero-order chi connectivity index (χ0) is 13.1. The number of halogens is 2. The van der Waals surface area contributed by atoms with E-state index in [0.717, 1.165) is 0 Å². The van der Waals surface area contributed by atoms with E-state index in [-0.39, 0.29) is 17.9 Å². The van der Waals surface area contributed by atoms with E-state index >= 15 is 0 Å². The first-order chi connectivity index (χ1) is 8.61. The number of carbonyl (C=O) groups is 1. The molecule has 2 N–H and O–H groups in total. The molecule has 92 valence electrons. The fourth-order valence-electron chi connectivity index (χ4n) is 1.56. The van der Waals surface area contributed by atoms with Crippen LogP contribution in [0.5, 0.6) is 0 Å². The minimum atomic E-state index is -0.547. The number of hydrogen-bond acceptors (Lipinski definition) is 3. The van der Waals surface area contributed by atoms with Crippen LogP contribution in [-0.4, -0.2) is 10.8 Å². The Morgan fingerprint density at radius 3 is 2.83 bits per heavy atom. The predicted molar refractivity (Wildman–Crippen MR) is 69.7 cm³/mol. The number of rotatable bonds is 3. The van der Waals surface area contributed by atoms with E-state index in [4.69, 9.17) is 5.73 Å². The Morgan fingerprint density at radius 2 is 2.11 bits per heavy atom. The zero-order valence-electron chi connectivity index (χ0n) is 9.36. The van der Waals surface area contributed by atoms with Gasteiger partial charge in [-0.1, -0.05) is 15.9 Å². The van der Waals surface area contributed by atoms with Gasteiger partial charge >= 0.3 is 0 Å². The highest BCUT2D eigenvalue weighted by Crippen LogP contribution is 2.19. The molecule has 3 nitrogen and oxygen atoms in total. The Kier molecular flexibility index (Phi) is 3.84. The molecule has 1 aromatic carbocycles. The molecule has 5 heteroatoms. The van der Waals surface area contributed by atoms with Crippen molar-refractivity contribution in [3.8, 4) is 0 Å². The predicted octanol–water partition coefficient (Wildman–Crippen LogP) is 2.67. The highest BCUT2D eigenvalue weighted by molar-refractivity contribution is 9.10. The maximum Gasteiger partial charge on any atom is 0.196 e. The monoisotopic (exact) mass is 308 g/mol. The molecule has 0 saturated heterocycles. The molecule has 0 radical (unpaired) electrons. The van der Waals surface area contributed by atoms with Gasteiger partial charge in [0.05, 0.1) is 11.3 Å². The minimum Gasteiger partial charge on any atom is -0.325 e. The number of aromatic nitrogens is 1. The van der Waals surface area contributed by atoms with E-state index in [2.05, 4.69) is 20.9 Å². The van der Waals surface area contributed by atoms with E-state index in [9.17, 15) is 9.18 Å². The van der Waals surface area contributed by atoms with Gasteiger partial charge in [0.1, 0.15) is 5.82 Å². The largest absolute Gasteiger partial charge is 0.325 e. The van der Waals surface area contributed by atoms with E-state index in [1.807, 2.05) is 0 Å². The summed E-state index contributed by atoms with van der Waals surface area (Å²) < 4.78 is 14.3. The van der Waals surface area contributed by atoms with Gasteiger partial charge in [-0.15, -0.1) is 0 Å². The Labute approximate surface area is 112 Å². The third kappa shape index (κ3) is 2.63. The number of hydrogen-bond donors (Lipinski definition) is 1. The summed E-state index contributed by atoms with van der Waals surface area (Å²) in [5, 5.41) is 0. The molecule has 0 fully saturated rings. The summed E-state index contributed by atoms with van der Waals surface area (Å²) in [6.45, 7) is 0.238. The van der Waals surface area contributed by atoms with Gasteiger partial charge in [0, 0.05) is 22.8 Å². The minimum absolute atomic E-state index is 0.0264. The van der Waals surface area contributed by atoms with E-state index in [0.29, 0.717) is 15.7 Å². The van der Waals surface area contributed by atoms with Crippen molar-refractivity contribution in [2.24, 2.45) is 5.73 Å². The molecule has 0 aliphatic rings. The Bertz CT molecular complexity index is 601. The van der Waals surface area contributed by atoms with Crippen molar-refractivity contribution in [3.63, 3.8) is 0 Å². The van der Waals surface area contributed by atoms with Gasteiger partial charge in [-0.25, -0.2) is 4.39 Å². The zero-order valence-corrected chi connectivity index (χ0v) is 10.9. The second-order valence-electron chi connectivity index (χ2n) is 3.69. The van der Waals surface area contributed by atoms with Crippen molar-refractivity contribution < 1.29 is 9.18 Å². The van der Waals surface area contributed by atoms with Crippen LogP contribution in [0.15, 0.2) is 41.0 Å². The number of carbonyl (C=O) groups excluding carboxylic acids is 1. The van der Waals surface area contributed by atoms with Gasteiger partial charge in [0.15, 0.2) is 5.78 Å². The van der Waals surface area contributed by atoms with Crippen LogP contribution in [0, 0.1) is 5.82 Å². The van der Waals surface area contributed by atoms with E-state index in [1.54, 1.807) is 18.2 Å². The Hall–Kier alpha value is -1.59. The van der Waals surface area contributed by atoms with E-state index in [1.165, 1.54) is 18.3 Å². The summed E-state index contributed by atoms with van der Waals surface area (Å²) >= 11 is 3.21. The molecule has 0 bridgehead atoms. The molecule has 0 spiro atoms. The molecular formula is C13H10BrFN2O. The first-order valence-electron chi connectivity index (χ1n) is 5.26. The van der Waals surface area contributed by atoms with Crippen molar-refractivity contribution in [1.29, 1.82) is 0 Å². The van der Waals surface area contributed by atoms with Crippen molar-refractivity contribution in [1.82, 2.24) is 4.98 Å². The van der Waals surface area contributed by atoms with Gasteiger partial charge in [0.2, 0.25) is 0 Å². The van der Waals surface area contributed by atoms with Gasteiger partial charge in [-0.3, -0.25) is 9.78 Å². The number of nitrogens with zero attached hydrogens (tertiary/aromatic N) is 1. The fraction of sp³-hybridized carbons (Fsp3) is 0.0769. The quantitative estimate of drug-likeness (QED) is 0.887. The molecule has 0 saturated carbocycles. The van der Waals surface area contributed by atoms with Crippen molar-refractivity contribution in [2.75, 3.05) is 0 Å². The number of nitrogens with two attached hydrogens (primary N) is 1. The van der Waals surface area contributed by atoms with Crippen molar-refractivity contribution in [2.45, 2.75) is 6.54 Å². The highest BCUT2D eigenvalue weighted by Gasteiger charge is 2.14. The lowest BCUT2D eigenvalue weighted by Crippen LogP contribution is -2.07. The molecule has 18 heavy (non-hydrogen) atoms. The standard InChI is InChI=1S/C13H10BrFN2O/c14-9-1-2-12(15)11(6-9)13(18)8-3-4-17-10(5-8)7-16/h1-6H,7,16H2. The number of benzene rings is 1. The Morgan fingerprint density at radius 1 is 1.33 bits per heavy atom. The molecule has 0 atom stereocenters. The van der Waals surface area contributed by atoms with Gasteiger partial charge < -0.3 is 5.73 Å². The summed E-state index contributed by atoms with van der Waals surface area (Å²) in [4.78, 5) is 16.2. The van der Waals surface area contributed by atoms with Crippen LogP contribution in [0.2, 0.25) is 0 Å². The summed E-state index contributed by atoms with van der Waals surface area (Å²) in [6, 6.07) is 7.37. The second kappa shape index (κ2) is 5.37. The van der Waals surface area contributed by atoms with Crippen LogP contribution in [0.1, 0.15) is 21.6 Å². The van der Waals surface area contributed by atoms with Crippen LogP contribution in [-0.2, 0) is 6.54 Å². The number of ketones is 1. The van der Waals surface area contributed by atoms with Crippen LogP contribution in [0.4, 0.5) is 4.39 Å². The van der Waals surface area contributed by atoms with Gasteiger partial charge in [-0.2, -0.15) is 0 Å². The molecule has 0 aliphatic carbocycles. The number of pyridine rings is 1. The second-order valence-corrected chi connectivity index (χ2v) is 4.61. The SMILES string of the molecule is NCc1cc(C(=O)c2cc(Br)ccc2F)ccn1. The lowest BCUT2D eigenvalue weighted by Gasteiger charge is -2.04. The maximum atomic E-state index is 13.6. The van der Waals surface area contributed by atoms with Crippen LogP contribution in [0.25, 0.3) is 0 Å². The molecule has 1 aromatic heterocycles. The van der Waals surface area contributed by atoms with Crippen LogP contribution < -0.4 is 5.73 Å².